The maximum atomic E-state index is 11.8. The Kier molecular flexibility index (Phi) is 5.75. The fraction of sp³-hybridized carbons (Fsp3) is 0.692. The molecular formula is C13H21N3O2S. The van der Waals surface area contributed by atoms with Crippen molar-refractivity contribution in [1.82, 2.24) is 15.6 Å². The number of morpholine rings is 1. The van der Waals surface area contributed by atoms with E-state index in [2.05, 4.69) is 21.0 Å². The normalized spacial score (nSPS) is 19.3. The van der Waals surface area contributed by atoms with Crippen LogP contribution in [0.2, 0.25) is 0 Å². The SMILES string of the molecule is Cc1csc(CCCCNC(=O)C2COCCN2)n1. The molecule has 5 nitrogen and oxygen atoms in total. The van der Waals surface area contributed by atoms with Gasteiger partial charge in [-0.1, -0.05) is 0 Å². The quantitative estimate of drug-likeness (QED) is 0.761. The smallest absolute Gasteiger partial charge is 0.239 e. The van der Waals surface area contributed by atoms with Gasteiger partial charge in [0.25, 0.3) is 0 Å². The summed E-state index contributed by atoms with van der Waals surface area (Å²) < 4.78 is 5.26. The number of aryl methyl sites for hydroxylation is 2. The number of carbonyl (C=O) groups is 1. The minimum atomic E-state index is -0.185. The highest BCUT2D eigenvalue weighted by molar-refractivity contribution is 7.09. The number of aromatic nitrogens is 1. The summed E-state index contributed by atoms with van der Waals surface area (Å²) in [4.78, 5) is 16.2. The molecule has 0 aliphatic carbocycles. The van der Waals surface area contributed by atoms with Crippen LogP contribution in [0.5, 0.6) is 0 Å². The number of hydrogen-bond acceptors (Lipinski definition) is 5. The third-order valence-electron chi connectivity index (χ3n) is 3.02. The molecule has 1 fully saturated rings. The molecule has 1 saturated heterocycles. The van der Waals surface area contributed by atoms with E-state index in [-0.39, 0.29) is 11.9 Å². The fourth-order valence-corrected chi connectivity index (χ4v) is 2.81. The lowest BCUT2D eigenvalue weighted by atomic mass is 10.2. The van der Waals surface area contributed by atoms with Crippen LogP contribution < -0.4 is 10.6 Å². The summed E-state index contributed by atoms with van der Waals surface area (Å²) in [5, 5.41) is 9.35. The molecule has 0 saturated carbocycles. The molecular weight excluding hydrogens is 262 g/mol. The third-order valence-corrected chi connectivity index (χ3v) is 4.05. The number of amides is 1. The van der Waals surface area contributed by atoms with Gasteiger partial charge in [0.05, 0.1) is 18.2 Å². The summed E-state index contributed by atoms with van der Waals surface area (Å²) in [6.07, 6.45) is 3.04. The molecule has 1 aliphatic rings. The van der Waals surface area contributed by atoms with Crippen molar-refractivity contribution in [1.29, 1.82) is 0 Å². The van der Waals surface area contributed by atoms with E-state index in [9.17, 15) is 4.79 Å². The predicted molar refractivity (Wildman–Crippen MR) is 75.4 cm³/mol. The molecule has 1 aliphatic heterocycles. The first-order chi connectivity index (χ1) is 9.25. The maximum Gasteiger partial charge on any atom is 0.239 e. The second kappa shape index (κ2) is 7.57. The summed E-state index contributed by atoms with van der Waals surface area (Å²) in [6, 6.07) is -0.185. The zero-order valence-corrected chi connectivity index (χ0v) is 12.1. The number of nitrogens with zero attached hydrogens (tertiary/aromatic N) is 1. The minimum Gasteiger partial charge on any atom is -0.378 e. The van der Waals surface area contributed by atoms with Crippen LogP contribution in [-0.2, 0) is 16.0 Å². The van der Waals surface area contributed by atoms with Crippen molar-refractivity contribution in [2.75, 3.05) is 26.3 Å². The Bertz CT molecular complexity index is 402. The Balaban J connectivity index is 1.55. The molecule has 106 valence electrons. The second-order valence-corrected chi connectivity index (χ2v) is 5.66. The van der Waals surface area contributed by atoms with Crippen LogP contribution >= 0.6 is 11.3 Å². The Morgan fingerprint density at radius 1 is 1.63 bits per heavy atom. The van der Waals surface area contributed by atoms with Crippen LogP contribution in [0.4, 0.5) is 0 Å². The van der Waals surface area contributed by atoms with Crippen molar-refractivity contribution >= 4 is 17.2 Å². The Labute approximate surface area is 117 Å². The van der Waals surface area contributed by atoms with Gasteiger partial charge in [0, 0.05) is 24.2 Å². The van der Waals surface area contributed by atoms with Gasteiger partial charge in [-0.2, -0.15) is 0 Å². The molecule has 1 atom stereocenters. The topological polar surface area (TPSA) is 63.2 Å². The van der Waals surface area contributed by atoms with Gasteiger partial charge in [0.15, 0.2) is 0 Å². The average molecular weight is 283 g/mol. The van der Waals surface area contributed by atoms with E-state index in [1.54, 1.807) is 11.3 Å². The van der Waals surface area contributed by atoms with Crippen LogP contribution in [0, 0.1) is 6.92 Å². The van der Waals surface area contributed by atoms with E-state index in [1.165, 1.54) is 5.01 Å². The highest BCUT2D eigenvalue weighted by Gasteiger charge is 2.20. The third kappa shape index (κ3) is 4.89. The summed E-state index contributed by atoms with van der Waals surface area (Å²) in [7, 11) is 0. The first-order valence-electron chi connectivity index (χ1n) is 6.75. The number of rotatable bonds is 6. The van der Waals surface area contributed by atoms with Gasteiger partial charge in [0.2, 0.25) is 5.91 Å². The lowest BCUT2D eigenvalue weighted by Crippen LogP contribution is -2.51. The molecule has 1 unspecified atom stereocenters. The van der Waals surface area contributed by atoms with Gasteiger partial charge in [0.1, 0.15) is 6.04 Å². The molecule has 2 heterocycles. The van der Waals surface area contributed by atoms with Crippen LogP contribution in [0.3, 0.4) is 0 Å². The average Bonchev–Trinajstić information content (AvgIpc) is 2.85. The van der Waals surface area contributed by atoms with Crippen LogP contribution in [0.1, 0.15) is 23.5 Å². The lowest BCUT2D eigenvalue weighted by molar-refractivity contribution is -0.125. The molecule has 1 amide bonds. The van der Waals surface area contributed by atoms with Gasteiger partial charge in [-0.15, -0.1) is 11.3 Å². The molecule has 0 spiro atoms. The Morgan fingerprint density at radius 3 is 3.21 bits per heavy atom. The van der Waals surface area contributed by atoms with E-state index in [4.69, 9.17) is 4.74 Å². The van der Waals surface area contributed by atoms with Crippen molar-refractivity contribution in [3.05, 3.63) is 16.1 Å². The van der Waals surface area contributed by atoms with E-state index in [1.807, 2.05) is 6.92 Å². The zero-order valence-electron chi connectivity index (χ0n) is 11.3. The van der Waals surface area contributed by atoms with Crippen molar-refractivity contribution in [2.24, 2.45) is 0 Å². The number of nitrogens with one attached hydrogen (secondary N) is 2. The standard InChI is InChI=1S/C13H21N3O2S/c1-10-9-19-12(16-10)4-2-3-5-15-13(17)11-8-18-7-6-14-11/h9,11,14H,2-8H2,1H3,(H,15,17). The molecule has 0 bridgehead atoms. The van der Waals surface area contributed by atoms with Gasteiger partial charge in [-0.05, 0) is 26.2 Å². The van der Waals surface area contributed by atoms with Crippen LogP contribution in [-0.4, -0.2) is 43.2 Å². The molecule has 0 aromatic carbocycles. The molecule has 1 aromatic rings. The number of carbonyl (C=O) groups excluding carboxylic acids is 1. The van der Waals surface area contributed by atoms with E-state index < -0.39 is 0 Å². The van der Waals surface area contributed by atoms with Crippen molar-refractivity contribution in [3.8, 4) is 0 Å². The highest BCUT2D eigenvalue weighted by Crippen LogP contribution is 2.11. The fourth-order valence-electron chi connectivity index (χ4n) is 1.99. The molecule has 0 radical (unpaired) electrons. The molecule has 2 rings (SSSR count). The first-order valence-corrected chi connectivity index (χ1v) is 7.63. The van der Waals surface area contributed by atoms with Gasteiger partial charge < -0.3 is 15.4 Å². The van der Waals surface area contributed by atoms with Crippen molar-refractivity contribution in [3.63, 3.8) is 0 Å². The van der Waals surface area contributed by atoms with E-state index in [0.717, 1.165) is 38.0 Å². The van der Waals surface area contributed by atoms with E-state index >= 15 is 0 Å². The summed E-state index contributed by atoms with van der Waals surface area (Å²) in [6.45, 7) is 4.66. The van der Waals surface area contributed by atoms with Crippen molar-refractivity contribution < 1.29 is 9.53 Å². The number of thiazole rings is 1. The van der Waals surface area contributed by atoms with Crippen LogP contribution in [0.25, 0.3) is 0 Å². The number of unbranched alkanes of at least 4 members (excludes halogenated alkanes) is 1. The zero-order chi connectivity index (χ0) is 13.5. The first kappa shape index (κ1) is 14.4. The Morgan fingerprint density at radius 2 is 2.53 bits per heavy atom. The lowest BCUT2D eigenvalue weighted by Gasteiger charge is -2.22. The summed E-state index contributed by atoms with van der Waals surface area (Å²) in [5.74, 6) is 0.0461. The van der Waals surface area contributed by atoms with Crippen molar-refractivity contribution in [2.45, 2.75) is 32.2 Å². The summed E-state index contributed by atoms with van der Waals surface area (Å²) in [5.41, 5.74) is 1.09. The summed E-state index contributed by atoms with van der Waals surface area (Å²) >= 11 is 1.71. The highest BCUT2D eigenvalue weighted by atomic mass is 32.1. The van der Waals surface area contributed by atoms with E-state index in [0.29, 0.717) is 13.2 Å². The van der Waals surface area contributed by atoms with Crippen LogP contribution in [0.15, 0.2) is 5.38 Å². The molecule has 6 heteroatoms. The monoisotopic (exact) mass is 283 g/mol. The Hall–Kier alpha value is -0.980. The molecule has 2 N–H and O–H groups in total. The minimum absolute atomic E-state index is 0.0461. The number of ether oxygens (including phenoxy) is 1. The van der Waals surface area contributed by atoms with Gasteiger partial charge in [-0.25, -0.2) is 4.98 Å². The predicted octanol–water partition coefficient (Wildman–Crippen LogP) is 0.879. The second-order valence-electron chi connectivity index (χ2n) is 4.71. The van der Waals surface area contributed by atoms with Gasteiger partial charge >= 0.3 is 0 Å². The maximum absolute atomic E-state index is 11.8. The largest absolute Gasteiger partial charge is 0.378 e. The van der Waals surface area contributed by atoms with Gasteiger partial charge in [-0.3, -0.25) is 4.79 Å². The molecule has 19 heavy (non-hydrogen) atoms. The molecule has 1 aromatic heterocycles. The number of hydrogen-bond donors (Lipinski definition) is 2.